The molecule has 1 amide bonds. The molecule has 0 unspecified atom stereocenters. The number of hydrogen-bond donors (Lipinski definition) is 1. The molecule has 0 atom stereocenters. The number of aromatic nitrogens is 3. The van der Waals surface area contributed by atoms with E-state index < -0.39 is 0 Å². The number of nitrogens with one attached hydrogen (secondary N) is 1. The van der Waals surface area contributed by atoms with Crippen LogP contribution >= 0.6 is 27.3 Å². The summed E-state index contributed by atoms with van der Waals surface area (Å²) in [4.78, 5) is 14.2. The lowest BCUT2D eigenvalue weighted by atomic mass is 10.2. The highest BCUT2D eigenvalue weighted by Gasteiger charge is 2.04. The lowest BCUT2D eigenvalue weighted by Gasteiger charge is -2.03. The van der Waals surface area contributed by atoms with Crippen molar-refractivity contribution in [3.05, 3.63) is 64.0 Å². The van der Waals surface area contributed by atoms with Gasteiger partial charge >= 0.3 is 0 Å². The van der Waals surface area contributed by atoms with Crippen LogP contribution in [0.25, 0.3) is 16.5 Å². The molecule has 0 aliphatic rings. The highest BCUT2D eigenvalue weighted by atomic mass is 79.9. The third-order valence-corrected chi connectivity index (χ3v) is 5.47. The summed E-state index contributed by atoms with van der Waals surface area (Å²) in [7, 11) is 0. The predicted molar refractivity (Wildman–Crippen MR) is 109 cm³/mol. The molecule has 0 aliphatic carbocycles. The van der Waals surface area contributed by atoms with E-state index >= 15 is 0 Å². The summed E-state index contributed by atoms with van der Waals surface area (Å²) in [6.45, 7) is 3.41. The molecule has 1 N–H and O–H groups in total. The number of benzene rings is 1. The molecule has 0 radical (unpaired) electrons. The number of halogens is 1. The fourth-order valence-electron chi connectivity index (χ4n) is 2.46. The summed E-state index contributed by atoms with van der Waals surface area (Å²) in [5, 5.41) is 10.8. The Kier molecular flexibility index (Phi) is 6.35. The Labute approximate surface area is 164 Å². The largest absolute Gasteiger partial charge is 0.352 e. The van der Waals surface area contributed by atoms with Gasteiger partial charge in [0, 0.05) is 39.8 Å². The van der Waals surface area contributed by atoms with Crippen molar-refractivity contribution in [2.24, 2.45) is 0 Å². The van der Waals surface area contributed by atoms with E-state index in [-0.39, 0.29) is 5.91 Å². The van der Waals surface area contributed by atoms with Crippen molar-refractivity contribution in [3.63, 3.8) is 0 Å². The van der Waals surface area contributed by atoms with Gasteiger partial charge in [0.25, 0.3) is 0 Å². The Morgan fingerprint density at radius 1 is 1.27 bits per heavy atom. The average molecular weight is 431 g/mol. The molecule has 0 bridgehead atoms. The summed E-state index contributed by atoms with van der Waals surface area (Å²) >= 11 is 5.10. The Bertz CT molecular complexity index is 898. The summed E-state index contributed by atoms with van der Waals surface area (Å²) in [6.07, 6.45) is 5.79. The van der Waals surface area contributed by atoms with Crippen LogP contribution in [0, 0.1) is 0 Å². The van der Waals surface area contributed by atoms with Crippen molar-refractivity contribution >= 4 is 39.2 Å². The maximum atomic E-state index is 12.0. The molecule has 0 saturated carbocycles. The molecule has 3 rings (SSSR count). The van der Waals surface area contributed by atoms with Gasteiger partial charge in [-0.2, -0.15) is 0 Å². The number of rotatable bonds is 7. The Morgan fingerprint density at radius 2 is 2.08 bits per heavy atom. The maximum absolute atomic E-state index is 12.0. The predicted octanol–water partition coefficient (Wildman–Crippen LogP) is 4.16. The standard InChI is InChI=1S/C19H19BrN4OS/c1-2-24-13-22-23-18(24)11-12-21-19(25)10-8-16-7-9-17(26-16)14-3-5-15(20)6-4-14/h3-10,13H,2,11-12H2,1H3,(H,21,25). The molecule has 2 heterocycles. The van der Waals surface area contributed by atoms with Gasteiger partial charge in [0.05, 0.1) is 0 Å². The molecule has 2 aromatic heterocycles. The van der Waals surface area contributed by atoms with Crippen LogP contribution in [0.5, 0.6) is 0 Å². The number of hydrogen-bond acceptors (Lipinski definition) is 4. The molecule has 1 aromatic carbocycles. The minimum atomic E-state index is -0.105. The van der Waals surface area contributed by atoms with Gasteiger partial charge in [-0.15, -0.1) is 21.5 Å². The van der Waals surface area contributed by atoms with Crippen molar-refractivity contribution in [1.29, 1.82) is 0 Å². The number of aryl methyl sites for hydroxylation is 1. The summed E-state index contributed by atoms with van der Waals surface area (Å²) in [5.74, 6) is 0.778. The van der Waals surface area contributed by atoms with E-state index in [4.69, 9.17) is 0 Å². The average Bonchev–Trinajstić information content (AvgIpc) is 3.30. The molecule has 3 aromatic rings. The minimum Gasteiger partial charge on any atom is -0.352 e. The van der Waals surface area contributed by atoms with Crippen LogP contribution in [-0.2, 0) is 17.8 Å². The second kappa shape index (κ2) is 8.91. The highest BCUT2D eigenvalue weighted by molar-refractivity contribution is 9.10. The van der Waals surface area contributed by atoms with E-state index in [1.807, 2.05) is 35.8 Å². The molecule has 5 nitrogen and oxygen atoms in total. The Hall–Kier alpha value is -2.25. The van der Waals surface area contributed by atoms with Crippen LogP contribution < -0.4 is 5.32 Å². The fraction of sp³-hybridized carbons (Fsp3) is 0.211. The van der Waals surface area contributed by atoms with Gasteiger partial charge in [0.2, 0.25) is 5.91 Å². The lowest BCUT2D eigenvalue weighted by Crippen LogP contribution is -2.24. The number of amides is 1. The summed E-state index contributed by atoms with van der Waals surface area (Å²) in [5.41, 5.74) is 1.17. The van der Waals surface area contributed by atoms with E-state index in [0.717, 1.165) is 21.7 Å². The minimum absolute atomic E-state index is 0.105. The van der Waals surface area contributed by atoms with E-state index in [1.54, 1.807) is 23.7 Å². The maximum Gasteiger partial charge on any atom is 0.244 e. The van der Waals surface area contributed by atoms with Gasteiger partial charge in [0.15, 0.2) is 0 Å². The number of carbonyl (C=O) groups excluding carboxylic acids is 1. The molecule has 7 heteroatoms. The molecule has 0 saturated heterocycles. The second-order valence-electron chi connectivity index (χ2n) is 5.62. The molecule has 0 spiro atoms. The molecular formula is C19H19BrN4OS. The van der Waals surface area contributed by atoms with Crippen molar-refractivity contribution in [3.8, 4) is 10.4 Å². The summed E-state index contributed by atoms with van der Waals surface area (Å²) < 4.78 is 3.03. The normalized spacial score (nSPS) is 11.2. The molecule has 0 aliphatic heterocycles. The first-order chi connectivity index (χ1) is 12.7. The molecule has 0 fully saturated rings. The van der Waals surface area contributed by atoms with Gasteiger partial charge in [-0.3, -0.25) is 4.79 Å². The zero-order valence-corrected chi connectivity index (χ0v) is 16.8. The molecule has 134 valence electrons. The zero-order chi connectivity index (χ0) is 18.4. The summed E-state index contributed by atoms with van der Waals surface area (Å²) in [6, 6.07) is 12.3. The van der Waals surface area contributed by atoms with Crippen molar-refractivity contribution in [2.45, 2.75) is 19.9 Å². The van der Waals surface area contributed by atoms with Crippen molar-refractivity contribution in [1.82, 2.24) is 20.1 Å². The fourth-order valence-corrected chi connectivity index (χ4v) is 3.64. The number of thiophene rings is 1. The van der Waals surface area contributed by atoms with E-state index in [9.17, 15) is 4.79 Å². The van der Waals surface area contributed by atoms with Crippen LogP contribution in [0.2, 0.25) is 0 Å². The van der Waals surface area contributed by atoms with Crippen molar-refractivity contribution < 1.29 is 4.79 Å². The van der Waals surface area contributed by atoms with Gasteiger partial charge < -0.3 is 9.88 Å². The molecular weight excluding hydrogens is 412 g/mol. The second-order valence-corrected chi connectivity index (χ2v) is 7.65. The highest BCUT2D eigenvalue weighted by Crippen LogP contribution is 2.29. The quantitative estimate of drug-likeness (QED) is 0.572. The van der Waals surface area contributed by atoms with Crippen molar-refractivity contribution in [2.75, 3.05) is 6.54 Å². The number of carbonyl (C=O) groups is 1. The van der Waals surface area contributed by atoms with Gasteiger partial charge in [-0.1, -0.05) is 28.1 Å². The van der Waals surface area contributed by atoms with Gasteiger partial charge in [-0.25, -0.2) is 0 Å². The number of nitrogens with zero attached hydrogens (tertiary/aromatic N) is 3. The van der Waals surface area contributed by atoms with E-state index in [1.165, 1.54) is 10.4 Å². The SMILES string of the molecule is CCn1cnnc1CCNC(=O)C=Cc1ccc(-c2ccc(Br)cc2)s1. The molecule has 26 heavy (non-hydrogen) atoms. The van der Waals surface area contributed by atoms with Crippen LogP contribution in [-0.4, -0.2) is 27.2 Å². The Balaban J connectivity index is 1.51. The smallest absolute Gasteiger partial charge is 0.244 e. The third kappa shape index (κ3) is 4.89. The van der Waals surface area contributed by atoms with Crippen LogP contribution in [0.15, 0.2) is 53.3 Å². The lowest BCUT2D eigenvalue weighted by molar-refractivity contribution is -0.116. The van der Waals surface area contributed by atoms with Crippen LogP contribution in [0.4, 0.5) is 0 Å². The van der Waals surface area contributed by atoms with E-state index in [0.29, 0.717) is 13.0 Å². The first kappa shape index (κ1) is 18.5. The van der Waals surface area contributed by atoms with Crippen LogP contribution in [0.3, 0.4) is 0 Å². The third-order valence-electron chi connectivity index (χ3n) is 3.84. The Morgan fingerprint density at radius 3 is 2.85 bits per heavy atom. The van der Waals surface area contributed by atoms with Gasteiger partial charge in [0.1, 0.15) is 12.2 Å². The topological polar surface area (TPSA) is 59.8 Å². The monoisotopic (exact) mass is 430 g/mol. The first-order valence-electron chi connectivity index (χ1n) is 8.34. The van der Waals surface area contributed by atoms with Gasteiger partial charge in [-0.05, 0) is 42.8 Å². The first-order valence-corrected chi connectivity index (χ1v) is 9.95. The zero-order valence-electron chi connectivity index (χ0n) is 14.4. The van der Waals surface area contributed by atoms with E-state index in [2.05, 4.69) is 49.6 Å². The van der Waals surface area contributed by atoms with Crippen LogP contribution in [0.1, 0.15) is 17.6 Å².